The topological polar surface area (TPSA) is 32.3 Å². The Bertz CT molecular complexity index is 175. The maximum absolute atomic E-state index is 11.3. The lowest BCUT2D eigenvalue weighted by Gasteiger charge is -2.23. The number of carbonyl (C=O) groups excluding carboxylic acids is 1. The van der Waals surface area contributed by atoms with Crippen LogP contribution in [-0.4, -0.2) is 29.9 Å². The molecule has 62 valence electrons. The molecule has 0 radical (unpaired) electrons. The Morgan fingerprint density at radius 3 is 3.00 bits per heavy atom. The molecule has 0 fully saturated rings. The summed E-state index contributed by atoms with van der Waals surface area (Å²) >= 11 is 0. The van der Waals surface area contributed by atoms with E-state index in [2.05, 4.69) is 5.32 Å². The highest BCUT2D eigenvalue weighted by atomic mass is 16.2. The van der Waals surface area contributed by atoms with Crippen molar-refractivity contribution < 1.29 is 4.79 Å². The average Bonchev–Trinajstić information content (AvgIpc) is 2.13. The fourth-order valence-electron chi connectivity index (χ4n) is 1.12. The minimum atomic E-state index is 0.102. The lowest BCUT2D eigenvalue weighted by Crippen LogP contribution is -2.37. The highest BCUT2D eigenvalue weighted by Gasteiger charge is 2.14. The first-order chi connectivity index (χ1) is 5.22. The molecule has 1 aliphatic rings. The molecular formula is C8H14N2O. The second-order valence-corrected chi connectivity index (χ2v) is 2.91. The predicted octanol–water partition coefficient (Wildman–Crippen LogP) is 0.340. The predicted molar refractivity (Wildman–Crippen MR) is 44.0 cm³/mol. The second-order valence-electron chi connectivity index (χ2n) is 2.91. The summed E-state index contributed by atoms with van der Waals surface area (Å²) in [4.78, 5) is 13.1. The molecule has 0 saturated heterocycles. The van der Waals surface area contributed by atoms with Crippen molar-refractivity contribution in [1.82, 2.24) is 10.2 Å². The van der Waals surface area contributed by atoms with Crippen molar-refractivity contribution in [2.24, 2.45) is 0 Å². The zero-order chi connectivity index (χ0) is 8.27. The maximum Gasteiger partial charge on any atom is 0.248 e. The Morgan fingerprint density at radius 2 is 2.36 bits per heavy atom. The SMILES string of the molecule is CC(C)N1CCNC=CC1=O. The Hall–Kier alpha value is -0.990. The van der Waals surface area contributed by atoms with Gasteiger partial charge >= 0.3 is 0 Å². The van der Waals surface area contributed by atoms with Gasteiger partial charge in [0.15, 0.2) is 0 Å². The first-order valence-corrected chi connectivity index (χ1v) is 3.92. The number of nitrogens with one attached hydrogen (secondary N) is 1. The fraction of sp³-hybridized carbons (Fsp3) is 0.625. The first-order valence-electron chi connectivity index (χ1n) is 3.92. The van der Waals surface area contributed by atoms with E-state index in [1.807, 2.05) is 18.7 Å². The van der Waals surface area contributed by atoms with E-state index in [-0.39, 0.29) is 5.91 Å². The summed E-state index contributed by atoms with van der Waals surface area (Å²) in [5.74, 6) is 0.102. The van der Waals surface area contributed by atoms with Gasteiger partial charge in [0.2, 0.25) is 5.91 Å². The number of nitrogens with zero attached hydrogens (tertiary/aromatic N) is 1. The lowest BCUT2D eigenvalue weighted by molar-refractivity contribution is -0.127. The molecule has 1 aliphatic heterocycles. The molecule has 0 atom stereocenters. The molecule has 0 aromatic heterocycles. The number of carbonyl (C=O) groups is 1. The third kappa shape index (κ3) is 1.97. The van der Waals surface area contributed by atoms with Crippen molar-refractivity contribution in [2.45, 2.75) is 19.9 Å². The number of amides is 1. The van der Waals surface area contributed by atoms with E-state index in [1.54, 1.807) is 12.3 Å². The first kappa shape index (κ1) is 8.11. The molecule has 3 heteroatoms. The Kier molecular flexibility index (Phi) is 2.52. The number of hydrogen-bond acceptors (Lipinski definition) is 2. The molecule has 0 bridgehead atoms. The molecule has 0 aromatic rings. The van der Waals surface area contributed by atoms with Crippen LogP contribution in [0.4, 0.5) is 0 Å². The van der Waals surface area contributed by atoms with Crippen LogP contribution < -0.4 is 5.32 Å². The van der Waals surface area contributed by atoms with Crippen molar-refractivity contribution >= 4 is 5.91 Å². The highest BCUT2D eigenvalue weighted by molar-refractivity contribution is 5.87. The number of hydrogen-bond donors (Lipinski definition) is 1. The van der Waals surface area contributed by atoms with Gasteiger partial charge in [-0.15, -0.1) is 0 Å². The minimum absolute atomic E-state index is 0.102. The zero-order valence-electron chi connectivity index (χ0n) is 7.00. The Morgan fingerprint density at radius 1 is 1.64 bits per heavy atom. The molecule has 3 nitrogen and oxygen atoms in total. The van der Waals surface area contributed by atoms with Crippen LogP contribution >= 0.6 is 0 Å². The summed E-state index contributed by atoms with van der Waals surface area (Å²) in [6.45, 7) is 5.69. The quantitative estimate of drug-likeness (QED) is 0.590. The van der Waals surface area contributed by atoms with Crippen LogP contribution in [0, 0.1) is 0 Å². The smallest absolute Gasteiger partial charge is 0.248 e. The number of rotatable bonds is 1. The Balaban J connectivity index is 2.63. The molecule has 1 heterocycles. The standard InChI is InChI=1S/C8H14N2O/c1-7(2)10-6-5-9-4-3-8(10)11/h3-4,7,9H,5-6H2,1-2H3. The van der Waals surface area contributed by atoms with Crippen molar-refractivity contribution in [2.75, 3.05) is 13.1 Å². The van der Waals surface area contributed by atoms with Crippen LogP contribution in [0.3, 0.4) is 0 Å². The van der Waals surface area contributed by atoms with E-state index in [0.29, 0.717) is 6.04 Å². The van der Waals surface area contributed by atoms with Gasteiger partial charge in [0, 0.05) is 31.4 Å². The third-order valence-electron chi connectivity index (χ3n) is 1.75. The second kappa shape index (κ2) is 3.42. The van der Waals surface area contributed by atoms with Gasteiger partial charge < -0.3 is 10.2 Å². The molecule has 0 spiro atoms. The average molecular weight is 154 g/mol. The molecule has 1 amide bonds. The normalized spacial score (nSPS) is 18.5. The van der Waals surface area contributed by atoms with Crippen LogP contribution in [0.15, 0.2) is 12.3 Å². The van der Waals surface area contributed by atoms with Gasteiger partial charge in [0.1, 0.15) is 0 Å². The van der Waals surface area contributed by atoms with E-state index in [9.17, 15) is 4.79 Å². The summed E-state index contributed by atoms with van der Waals surface area (Å²) in [5.41, 5.74) is 0. The molecular weight excluding hydrogens is 140 g/mol. The van der Waals surface area contributed by atoms with Gasteiger partial charge in [-0.05, 0) is 13.8 Å². The molecule has 0 saturated carbocycles. The van der Waals surface area contributed by atoms with Gasteiger partial charge in [-0.2, -0.15) is 0 Å². The van der Waals surface area contributed by atoms with E-state index in [4.69, 9.17) is 0 Å². The van der Waals surface area contributed by atoms with Crippen LogP contribution in [-0.2, 0) is 4.79 Å². The van der Waals surface area contributed by atoms with Gasteiger partial charge in [0.25, 0.3) is 0 Å². The van der Waals surface area contributed by atoms with Crippen LogP contribution in [0.25, 0.3) is 0 Å². The molecule has 0 aromatic carbocycles. The van der Waals surface area contributed by atoms with E-state index < -0.39 is 0 Å². The summed E-state index contributed by atoms with van der Waals surface area (Å²) in [5, 5.41) is 3.02. The van der Waals surface area contributed by atoms with E-state index in [0.717, 1.165) is 13.1 Å². The molecule has 11 heavy (non-hydrogen) atoms. The minimum Gasteiger partial charge on any atom is -0.389 e. The molecule has 1 N–H and O–H groups in total. The Labute approximate surface area is 67.1 Å². The van der Waals surface area contributed by atoms with Gasteiger partial charge in [-0.1, -0.05) is 0 Å². The van der Waals surface area contributed by atoms with Crippen LogP contribution in [0.1, 0.15) is 13.8 Å². The van der Waals surface area contributed by atoms with Gasteiger partial charge in [0.05, 0.1) is 0 Å². The van der Waals surface area contributed by atoms with Crippen LogP contribution in [0.2, 0.25) is 0 Å². The lowest BCUT2D eigenvalue weighted by atomic mass is 10.3. The van der Waals surface area contributed by atoms with Gasteiger partial charge in [-0.25, -0.2) is 0 Å². The van der Waals surface area contributed by atoms with Crippen LogP contribution in [0.5, 0.6) is 0 Å². The van der Waals surface area contributed by atoms with Gasteiger partial charge in [-0.3, -0.25) is 4.79 Å². The zero-order valence-corrected chi connectivity index (χ0v) is 7.00. The summed E-state index contributed by atoms with van der Waals surface area (Å²) < 4.78 is 0. The summed E-state index contributed by atoms with van der Waals surface area (Å²) in [6, 6.07) is 0.298. The van der Waals surface area contributed by atoms with E-state index >= 15 is 0 Å². The van der Waals surface area contributed by atoms with Crippen molar-refractivity contribution in [3.8, 4) is 0 Å². The monoisotopic (exact) mass is 154 g/mol. The van der Waals surface area contributed by atoms with Crippen molar-refractivity contribution in [1.29, 1.82) is 0 Å². The maximum atomic E-state index is 11.3. The van der Waals surface area contributed by atoms with E-state index in [1.165, 1.54) is 0 Å². The summed E-state index contributed by atoms with van der Waals surface area (Å²) in [7, 11) is 0. The highest BCUT2D eigenvalue weighted by Crippen LogP contribution is 2.00. The van der Waals surface area contributed by atoms with Crippen molar-refractivity contribution in [3.05, 3.63) is 12.3 Å². The largest absolute Gasteiger partial charge is 0.389 e. The van der Waals surface area contributed by atoms with Crippen molar-refractivity contribution in [3.63, 3.8) is 0 Å². The molecule has 1 rings (SSSR count). The third-order valence-corrected chi connectivity index (χ3v) is 1.75. The summed E-state index contributed by atoms with van der Waals surface area (Å²) in [6.07, 6.45) is 3.29. The fourth-order valence-corrected chi connectivity index (χ4v) is 1.12. The molecule has 0 aliphatic carbocycles. The molecule has 0 unspecified atom stereocenters.